The van der Waals surface area contributed by atoms with Gasteiger partial charge < -0.3 is 5.73 Å². The average molecular weight is 249 g/mol. The largest absolute Gasteiger partial charge is 0.330 e. The fourth-order valence-corrected chi connectivity index (χ4v) is 2.33. The van der Waals surface area contributed by atoms with Gasteiger partial charge in [0.05, 0.1) is 6.20 Å². The summed E-state index contributed by atoms with van der Waals surface area (Å²) in [6, 6.07) is 4.71. The third-order valence-corrected chi connectivity index (χ3v) is 3.23. The van der Waals surface area contributed by atoms with Crippen LogP contribution in [0.3, 0.4) is 0 Å². The molecule has 2 N–H and O–H groups in total. The molecule has 88 valence electrons. The van der Waals surface area contributed by atoms with E-state index in [0.29, 0.717) is 13.0 Å². The molecule has 0 spiro atoms. The van der Waals surface area contributed by atoms with Gasteiger partial charge in [-0.25, -0.2) is 9.37 Å². The van der Waals surface area contributed by atoms with Crippen molar-refractivity contribution in [3.63, 3.8) is 0 Å². The fourth-order valence-electron chi connectivity index (χ4n) is 1.45. The van der Waals surface area contributed by atoms with Gasteiger partial charge in [0.15, 0.2) is 0 Å². The summed E-state index contributed by atoms with van der Waals surface area (Å²) in [7, 11) is 0. The summed E-state index contributed by atoms with van der Waals surface area (Å²) in [6.07, 6.45) is 5.59. The minimum atomic E-state index is -0.239. The van der Waals surface area contributed by atoms with Crippen LogP contribution in [-0.4, -0.2) is 16.5 Å². The fraction of sp³-hybridized carbons (Fsp3) is 0.167. The second kappa shape index (κ2) is 5.75. The van der Waals surface area contributed by atoms with Gasteiger partial charge in [-0.1, -0.05) is 11.8 Å². The van der Waals surface area contributed by atoms with Crippen molar-refractivity contribution < 1.29 is 4.39 Å². The molecule has 0 aliphatic rings. The zero-order valence-electron chi connectivity index (χ0n) is 9.14. The number of hydrogen-bond donors (Lipinski definition) is 1. The van der Waals surface area contributed by atoms with Gasteiger partial charge in [0.1, 0.15) is 10.8 Å². The molecule has 0 aliphatic carbocycles. The molecule has 5 heteroatoms. The second-order valence-corrected chi connectivity index (χ2v) is 4.50. The molecule has 3 nitrogen and oxygen atoms in total. The molecule has 2 aromatic rings. The van der Waals surface area contributed by atoms with Gasteiger partial charge in [-0.15, -0.1) is 0 Å². The van der Waals surface area contributed by atoms with E-state index < -0.39 is 0 Å². The monoisotopic (exact) mass is 249 g/mol. The first kappa shape index (κ1) is 12.0. The maximum Gasteiger partial charge on any atom is 0.123 e. The Morgan fingerprint density at radius 2 is 2.18 bits per heavy atom. The highest BCUT2D eigenvalue weighted by molar-refractivity contribution is 7.99. The zero-order valence-corrected chi connectivity index (χ0v) is 9.95. The van der Waals surface area contributed by atoms with E-state index in [9.17, 15) is 4.39 Å². The van der Waals surface area contributed by atoms with Crippen LogP contribution in [0.5, 0.6) is 0 Å². The summed E-state index contributed by atoms with van der Waals surface area (Å²) in [6.45, 7) is 0.498. The van der Waals surface area contributed by atoms with Gasteiger partial charge >= 0.3 is 0 Å². The lowest BCUT2D eigenvalue weighted by Gasteiger charge is -2.07. The maximum atomic E-state index is 13.1. The predicted octanol–water partition coefficient (Wildman–Crippen LogP) is 2.27. The summed E-state index contributed by atoms with van der Waals surface area (Å²) in [5, 5.41) is 0.789. The smallest absolute Gasteiger partial charge is 0.123 e. The van der Waals surface area contributed by atoms with Gasteiger partial charge in [-0.3, -0.25) is 4.98 Å². The SMILES string of the molecule is NCCc1cc(F)ccc1Sc1cnccn1. The Balaban J connectivity index is 2.26. The summed E-state index contributed by atoms with van der Waals surface area (Å²) >= 11 is 1.47. The van der Waals surface area contributed by atoms with Crippen LogP contribution in [0.2, 0.25) is 0 Å². The topological polar surface area (TPSA) is 51.8 Å². The van der Waals surface area contributed by atoms with E-state index in [1.165, 1.54) is 23.9 Å². The summed E-state index contributed by atoms with van der Waals surface area (Å²) in [5.41, 5.74) is 6.42. The molecule has 0 aliphatic heterocycles. The second-order valence-electron chi connectivity index (χ2n) is 3.44. The molecule has 0 bridgehead atoms. The zero-order chi connectivity index (χ0) is 12.1. The number of nitrogens with two attached hydrogens (primary N) is 1. The van der Waals surface area contributed by atoms with Crippen LogP contribution in [0, 0.1) is 5.82 Å². The van der Waals surface area contributed by atoms with E-state index >= 15 is 0 Å². The number of rotatable bonds is 4. The lowest BCUT2D eigenvalue weighted by atomic mass is 10.1. The van der Waals surface area contributed by atoms with Crippen molar-refractivity contribution in [1.82, 2.24) is 9.97 Å². The van der Waals surface area contributed by atoms with Crippen LogP contribution in [0.4, 0.5) is 4.39 Å². The molecule has 17 heavy (non-hydrogen) atoms. The number of aromatic nitrogens is 2. The van der Waals surface area contributed by atoms with Crippen molar-refractivity contribution in [3.8, 4) is 0 Å². The molecule has 0 saturated heterocycles. The average Bonchev–Trinajstić information content (AvgIpc) is 2.34. The number of nitrogens with zero attached hydrogens (tertiary/aromatic N) is 2. The van der Waals surface area contributed by atoms with Crippen LogP contribution in [0.15, 0.2) is 46.7 Å². The van der Waals surface area contributed by atoms with E-state index in [4.69, 9.17) is 5.73 Å². The lowest BCUT2D eigenvalue weighted by Crippen LogP contribution is -2.04. The Kier molecular flexibility index (Phi) is 4.06. The van der Waals surface area contributed by atoms with E-state index in [-0.39, 0.29) is 5.82 Å². The highest BCUT2D eigenvalue weighted by Gasteiger charge is 2.06. The predicted molar refractivity (Wildman–Crippen MR) is 65.3 cm³/mol. The Morgan fingerprint density at radius 3 is 2.88 bits per heavy atom. The minimum absolute atomic E-state index is 0.239. The van der Waals surface area contributed by atoms with E-state index in [1.54, 1.807) is 24.7 Å². The molecule has 1 aromatic heterocycles. The molecule has 1 heterocycles. The van der Waals surface area contributed by atoms with Crippen molar-refractivity contribution in [2.45, 2.75) is 16.3 Å². The Morgan fingerprint density at radius 1 is 1.29 bits per heavy atom. The molecule has 0 unspecified atom stereocenters. The molecule has 0 atom stereocenters. The quantitative estimate of drug-likeness (QED) is 0.903. The molecule has 0 saturated carbocycles. The van der Waals surface area contributed by atoms with Crippen LogP contribution < -0.4 is 5.73 Å². The van der Waals surface area contributed by atoms with Gasteiger partial charge in [0.2, 0.25) is 0 Å². The van der Waals surface area contributed by atoms with Crippen molar-refractivity contribution in [2.24, 2.45) is 5.73 Å². The number of halogens is 1. The molecule has 1 aromatic carbocycles. The summed E-state index contributed by atoms with van der Waals surface area (Å²) in [4.78, 5) is 9.13. The minimum Gasteiger partial charge on any atom is -0.330 e. The Hall–Kier alpha value is -1.46. The lowest BCUT2D eigenvalue weighted by molar-refractivity contribution is 0.623. The highest BCUT2D eigenvalue weighted by atomic mass is 32.2. The molecule has 2 rings (SSSR count). The van der Waals surface area contributed by atoms with Crippen molar-refractivity contribution in [3.05, 3.63) is 48.2 Å². The first-order chi connectivity index (χ1) is 8.29. The first-order valence-corrected chi connectivity index (χ1v) is 6.03. The van der Waals surface area contributed by atoms with Crippen LogP contribution in [0.1, 0.15) is 5.56 Å². The van der Waals surface area contributed by atoms with Crippen LogP contribution >= 0.6 is 11.8 Å². The third kappa shape index (κ3) is 3.25. The standard InChI is InChI=1S/C12H12FN3S/c13-10-1-2-11(9(7-10)3-4-14)17-12-8-15-5-6-16-12/h1-2,5-8H,3-4,14H2. The van der Waals surface area contributed by atoms with Crippen LogP contribution in [-0.2, 0) is 6.42 Å². The van der Waals surface area contributed by atoms with E-state index in [0.717, 1.165) is 15.5 Å². The Bertz CT molecular complexity index is 490. The maximum absolute atomic E-state index is 13.1. The van der Waals surface area contributed by atoms with Gasteiger partial charge in [0.25, 0.3) is 0 Å². The molecular formula is C12H12FN3S. The molecule has 0 fully saturated rings. The van der Waals surface area contributed by atoms with Crippen molar-refractivity contribution in [2.75, 3.05) is 6.54 Å². The van der Waals surface area contributed by atoms with Gasteiger partial charge in [-0.2, -0.15) is 0 Å². The summed E-state index contributed by atoms with van der Waals surface area (Å²) in [5.74, 6) is -0.239. The van der Waals surface area contributed by atoms with Gasteiger partial charge in [-0.05, 0) is 36.7 Å². The summed E-state index contributed by atoms with van der Waals surface area (Å²) < 4.78 is 13.1. The number of benzene rings is 1. The van der Waals surface area contributed by atoms with Gasteiger partial charge in [0, 0.05) is 17.3 Å². The Labute approximate surface area is 103 Å². The van der Waals surface area contributed by atoms with Crippen molar-refractivity contribution in [1.29, 1.82) is 0 Å². The van der Waals surface area contributed by atoms with Crippen molar-refractivity contribution >= 4 is 11.8 Å². The molecular weight excluding hydrogens is 237 g/mol. The first-order valence-electron chi connectivity index (χ1n) is 5.22. The normalized spacial score (nSPS) is 10.5. The number of hydrogen-bond acceptors (Lipinski definition) is 4. The van der Waals surface area contributed by atoms with Crippen LogP contribution in [0.25, 0.3) is 0 Å². The van der Waals surface area contributed by atoms with E-state index in [2.05, 4.69) is 9.97 Å². The van der Waals surface area contributed by atoms with E-state index in [1.807, 2.05) is 0 Å². The third-order valence-electron chi connectivity index (χ3n) is 2.19. The highest BCUT2D eigenvalue weighted by Crippen LogP contribution is 2.29. The molecule has 0 radical (unpaired) electrons. The molecule has 0 amide bonds.